The molecule has 6 nitrogen and oxygen atoms in total. The first kappa shape index (κ1) is 80.9. The Labute approximate surface area is 515 Å². The van der Waals surface area contributed by atoms with E-state index in [1.807, 2.05) is 0 Å². The summed E-state index contributed by atoms with van der Waals surface area (Å²) in [5.41, 5.74) is 0. The van der Waals surface area contributed by atoms with E-state index in [4.69, 9.17) is 4.74 Å². The summed E-state index contributed by atoms with van der Waals surface area (Å²) in [5.74, 6) is 0.00146. The minimum absolute atomic E-state index is 0.0260. The summed E-state index contributed by atoms with van der Waals surface area (Å²) >= 11 is 0. The molecule has 0 aromatic carbocycles. The van der Waals surface area contributed by atoms with Gasteiger partial charge < -0.3 is 20.3 Å². The maximum atomic E-state index is 12.5. The topological polar surface area (TPSA) is 95.9 Å². The molecule has 0 aromatic rings. The Hall–Kier alpha value is -1.14. The number of carbonyl (C=O) groups is 2. The van der Waals surface area contributed by atoms with E-state index >= 15 is 0 Å². The second kappa shape index (κ2) is 72.3. The molecular formula is C76H151NO5. The Kier molecular flexibility index (Phi) is 71.3. The van der Waals surface area contributed by atoms with Gasteiger partial charge in [-0.1, -0.05) is 412 Å². The molecule has 2 unspecified atom stereocenters. The average molecular weight is 1160 g/mol. The highest BCUT2D eigenvalue weighted by Crippen LogP contribution is 2.20. The highest BCUT2D eigenvalue weighted by Gasteiger charge is 2.20. The molecule has 2 atom stereocenters. The molecule has 0 aliphatic rings. The standard InChI is InChI=1S/C76H151NO5/c1-3-5-7-9-11-13-15-17-41-46-50-54-58-62-66-70-76(81)82-71-67-63-59-55-51-47-43-40-38-36-34-32-30-28-26-24-22-20-18-19-21-23-25-27-29-31-33-35-37-39-42-45-49-53-57-61-65-69-75(80)77-73(72-78)74(79)68-64-60-56-52-48-44-16-14-12-10-8-6-4-2/h73-74,78-79H,3-72H2,1-2H3,(H,77,80). The number of hydrogen-bond donors (Lipinski definition) is 3. The molecule has 0 heterocycles. The van der Waals surface area contributed by atoms with Gasteiger partial charge in [-0.05, 0) is 25.7 Å². The van der Waals surface area contributed by atoms with Crippen LogP contribution in [0.4, 0.5) is 0 Å². The van der Waals surface area contributed by atoms with E-state index in [0.717, 1.165) is 38.5 Å². The molecule has 0 rings (SSSR count). The fourth-order valence-corrected chi connectivity index (χ4v) is 12.6. The van der Waals surface area contributed by atoms with Crippen LogP contribution in [0.1, 0.15) is 450 Å². The summed E-state index contributed by atoms with van der Waals surface area (Å²) in [5, 5.41) is 23.3. The van der Waals surface area contributed by atoms with Gasteiger partial charge in [0.2, 0.25) is 5.91 Å². The molecule has 3 N–H and O–H groups in total. The van der Waals surface area contributed by atoms with E-state index in [1.54, 1.807) is 0 Å². The summed E-state index contributed by atoms with van der Waals surface area (Å²) in [6.07, 6.45) is 89.1. The normalized spacial score (nSPS) is 12.4. The van der Waals surface area contributed by atoms with Crippen molar-refractivity contribution in [1.29, 1.82) is 0 Å². The summed E-state index contributed by atoms with van der Waals surface area (Å²) in [6.45, 7) is 5.00. The molecule has 0 aliphatic carbocycles. The van der Waals surface area contributed by atoms with Crippen LogP contribution >= 0.6 is 0 Å². The van der Waals surface area contributed by atoms with Gasteiger partial charge in [0.05, 0.1) is 25.4 Å². The van der Waals surface area contributed by atoms with Crippen LogP contribution in [-0.2, 0) is 14.3 Å². The molecule has 0 saturated heterocycles. The van der Waals surface area contributed by atoms with Crippen molar-refractivity contribution in [3.63, 3.8) is 0 Å². The second-order valence-corrected chi connectivity index (χ2v) is 26.7. The second-order valence-electron chi connectivity index (χ2n) is 26.7. The van der Waals surface area contributed by atoms with Crippen molar-refractivity contribution in [2.45, 2.75) is 463 Å². The van der Waals surface area contributed by atoms with E-state index in [0.29, 0.717) is 25.9 Å². The van der Waals surface area contributed by atoms with Crippen LogP contribution < -0.4 is 5.32 Å². The minimum Gasteiger partial charge on any atom is -0.466 e. The van der Waals surface area contributed by atoms with Crippen LogP contribution in [-0.4, -0.2) is 47.4 Å². The summed E-state index contributed by atoms with van der Waals surface area (Å²) in [4.78, 5) is 24.6. The summed E-state index contributed by atoms with van der Waals surface area (Å²) in [6, 6.07) is -0.535. The molecule has 490 valence electrons. The van der Waals surface area contributed by atoms with Crippen molar-refractivity contribution in [1.82, 2.24) is 5.32 Å². The third-order valence-corrected chi connectivity index (χ3v) is 18.4. The SMILES string of the molecule is CCCCCCCCCCCCCCCCCC(=O)OCCCCCCCCCCCCCCCCCCCCCCCCCCCCCCCCCCCCCCCC(=O)NC(CO)C(O)CCCCCCCCCCCCCCC. The first-order valence-corrected chi connectivity index (χ1v) is 38.3. The first-order chi connectivity index (χ1) is 40.5. The third kappa shape index (κ3) is 68.0. The Morgan fingerprint density at radius 2 is 0.500 bits per heavy atom. The van der Waals surface area contributed by atoms with E-state index in [2.05, 4.69) is 19.2 Å². The van der Waals surface area contributed by atoms with Crippen LogP contribution in [0.3, 0.4) is 0 Å². The third-order valence-electron chi connectivity index (χ3n) is 18.4. The average Bonchev–Trinajstić information content (AvgIpc) is 3.48. The van der Waals surface area contributed by atoms with Crippen molar-refractivity contribution in [3.8, 4) is 0 Å². The van der Waals surface area contributed by atoms with Crippen molar-refractivity contribution in [2.75, 3.05) is 13.2 Å². The number of amides is 1. The van der Waals surface area contributed by atoms with Gasteiger partial charge in [0.15, 0.2) is 0 Å². The van der Waals surface area contributed by atoms with Gasteiger partial charge in [-0.3, -0.25) is 9.59 Å². The minimum atomic E-state index is -0.658. The van der Waals surface area contributed by atoms with Gasteiger partial charge in [0, 0.05) is 12.8 Å². The van der Waals surface area contributed by atoms with Crippen molar-refractivity contribution in [2.24, 2.45) is 0 Å². The predicted octanol–water partition coefficient (Wildman–Crippen LogP) is 24.9. The summed E-state index contributed by atoms with van der Waals surface area (Å²) in [7, 11) is 0. The smallest absolute Gasteiger partial charge is 0.305 e. The van der Waals surface area contributed by atoms with Crippen LogP contribution in [0.2, 0.25) is 0 Å². The van der Waals surface area contributed by atoms with Gasteiger partial charge in [-0.2, -0.15) is 0 Å². The fourth-order valence-electron chi connectivity index (χ4n) is 12.6. The Morgan fingerprint density at radius 1 is 0.293 bits per heavy atom. The lowest BCUT2D eigenvalue weighted by atomic mass is 10.0. The molecular weight excluding hydrogens is 1010 g/mol. The van der Waals surface area contributed by atoms with Crippen LogP contribution in [0, 0.1) is 0 Å². The number of aliphatic hydroxyl groups is 2. The van der Waals surface area contributed by atoms with E-state index in [1.165, 1.54) is 379 Å². The molecule has 0 saturated carbocycles. The Bertz CT molecular complexity index is 1200. The molecule has 0 spiro atoms. The number of esters is 1. The van der Waals surface area contributed by atoms with E-state index in [-0.39, 0.29) is 18.5 Å². The van der Waals surface area contributed by atoms with Crippen LogP contribution in [0.5, 0.6) is 0 Å². The lowest BCUT2D eigenvalue weighted by Crippen LogP contribution is -2.45. The largest absolute Gasteiger partial charge is 0.466 e. The van der Waals surface area contributed by atoms with Gasteiger partial charge in [-0.25, -0.2) is 0 Å². The zero-order valence-electron chi connectivity index (χ0n) is 56.3. The molecule has 0 bridgehead atoms. The van der Waals surface area contributed by atoms with Crippen molar-refractivity contribution >= 4 is 11.9 Å². The fraction of sp³-hybridized carbons (Fsp3) is 0.974. The molecule has 0 fully saturated rings. The van der Waals surface area contributed by atoms with E-state index in [9.17, 15) is 19.8 Å². The monoisotopic (exact) mass is 1160 g/mol. The molecule has 6 heteroatoms. The van der Waals surface area contributed by atoms with Crippen molar-refractivity contribution < 1.29 is 24.5 Å². The van der Waals surface area contributed by atoms with Gasteiger partial charge in [0.1, 0.15) is 0 Å². The molecule has 0 aliphatic heterocycles. The predicted molar refractivity (Wildman–Crippen MR) is 361 cm³/mol. The molecule has 1 amide bonds. The number of rotatable bonds is 73. The number of hydrogen-bond acceptors (Lipinski definition) is 5. The van der Waals surface area contributed by atoms with Gasteiger partial charge >= 0.3 is 5.97 Å². The maximum Gasteiger partial charge on any atom is 0.305 e. The molecule has 0 aromatic heterocycles. The van der Waals surface area contributed by atoms with Crippen molar-refractivity contribution in [3.05, 3.63) is 0 Å². The lowest BCUT2D eigenvalue weighted by molar-refractivity contribution is -0.143. The number of nitrogens with one attached hydrogen (secondary N) is 1. The maximum absolute atomic E-state index is 12.5. The number of unbranched alkanes of at least 4 members (excludes halogenated alkanes) is 62. The number of aliphatic hydroxyl groups excluding tert-OH is 2. The first-order valence-electron chi connectivity index (χ1n) is 38.3. The number of ether oxygens (including phenoxy) is 1. The quantitative estimate of drug-likeness (QED) is 0.0417. The zero-order valence-corrected chi connectivity index (χ0v) is 56.3. The molecule has 0 radical (unpaired) electrons. The van der Waals surface area contributed by atoms with Crippen LogP contribution in [0.15, 0.2) is 0 Å². The highest BCUT2D eigenvalue weighted by atomic mass is 16.5. The molecule has 82 heavy (non-hydrogen) atoms. The van der Waals surface area contributed by atoms with E-state index < -0.39 is 12.1 Å². The van der Waals surface area contributed by atoms with Crippen LogP contribution in [0.25, 0.3) is 0 Å². The summed E-state index contributed by atoms with van der Waals surface area (Å²) < 4.78 is 5.51. The number of carbonyl (C=O) groups excluding carboxylic acids is 2. The lowest BCUT2D eigenvalue weighted by Gasteiger charge is -2.22. The highest BCUT2D eigenvalue weighted by molar-refractivity contribution is 5.76. The van der Waals surface area contributed by atoms with Gasteiger partial charge in [-0.15, -0.1) is 0 Å². The zero-order chi connectivity index (χ0) is 59.2. The Morgan fingerprint density at radius 3 is 0.744 bits per heavy atom. The van der Waals surface area contributed by atoms with Gasteiger partial charge in [0.25, 0.3) is 0 Å². The Balaban J connectivity index is 3.27.